The number of imidazole rings is 1. The number of benzene rings is 1. The van der Waals surface area contributed by atoms with Crippen molar-refractivity contribution in [1.82, 2.24) is 19.7 Å². The van der Waals surface area contributed by atoms with E-state index in [1.165, 1.54) is 6.33 Å². The number of rotatable bonds is 3. The van der Waals surface area contributed by atoms with Gasteiger partial charge in [0.15, 0.2) is 11.3 Å². The number of fused-ring (bicyclic) bond motifs is 1. The van der Waals surface area contributed by atoms with Crippen molar-refractivity contribution in [2.45, 2.75) is 13.5 Å². The van der Waals surface area contributed by atoms with Gasteiger partial charge in [-0.05, 0) is 12.5 Å². The normalized spacial score (nSPS) is 10.8. The van der Waals surface area contributed by atoms with Gasteiger partial charge >= 0.3 is 0 Å². The molecule has 0 spiro atoms. The second-order valence-electron chi connectivity index (χ2n) is 4.14. The number of nitrogen functional groups attached to an aromatic ring is 1. The number of hydrogen-bond donors (Lipinski definition) is 1. The minimum absolute atomic E-state index is 0.357. The first-order chi connectivity index (χ1) is 9.25. The Morgan fingerprint density at radius 2 is 2.00 bits per heavy atom. The summed E-state index contributed by atoms with van der Waals surface area (Å²) < 4.78 is 1.58. The van der Waals surface area contributed by atoms with Crippen LogP contribution < -0.4 is 10.6 Å². The molecular weight excluding hydrogens is 242 g/mol. The minimum atomic E-state index is 0.357. The van der Waals surface area contributed by atoms with Crippen LogP contribution in [0.5, 0.6) is 0 Å². The van der Waals surface area contributed by atoms with E-state index >= 15 is 0 Å². The second-order valence-corrected chi connectivity index (χ2v) is 4.14. The molecule has 0 amide bonds. The first-order valence-corrected chi connectivity index (χ1v) is 5.88. The SMILES string of the molecule is Cc1nc2c(N)ncnc2n1OCc1ccccc1. The van der Waals surface area contributed by atoms with Crippen LogP contribution in [0.4, 0.5) is 5.82 Å². The molecule has 2 heterocycles. The van der Waals surface area contributed by atoms with Crippen LogP contribution >= 0.6 is 0 Å². The van der Waals surface area contributed by atoms with Crippen LogP contribution in [-0.4, -0.2) is 19.7 Å². The molecule has 6 nitrogen and oxygen atoms in total. The van der Waals surface area contributed by atoms with Crippen LogP contribution in [0.25, 0.3) is 11.2 Å². The number of aryl methyl sites for hydroxylation is 1. The average Bonchev–Trinajstić information content (AvgIpc) is 2.75. The molecular formula is C13H13N5O. The number of nitrogens with two attached hydrogens (primary N) is 1. The molecule has 0 aliphatic heterocycles. The molecule has 3 aromatic rings. The van der Waals surface area contributed by atoms with Crippen molar-refractivity contribution in [2.24, 2.45) is 0 Å². The maximum absolute atomic E-state index is 5.76. The van der Waals surface area contributed by atoms with Crippen molar-refractivity contribution in [1.29, 1.82) is 0 Å². The molecule has 0 atom stereocenters. The van der Waals surface area contributed by atoms with E-state index in [1.54, 1.807) is 4.73 Å². The highest BCUT2D eigenvalue weighted by Gasteiger charge is 2.12. The van der Waals surface area contributed by atoms with Gasteiger partial charge in [0.2, 0.25) is 5.65 Å². The van der Waals surface area contributed by atoms with Gasteiger partial charge in [-0.3, -0.25) is 0 Å². The molecule has 0 unspecified atom stereocenters. The zero-order valence-corrected chi connectivity index (χ0v) is 10.4. The van der Waals surface area contributed by atoms with E-state index in [-0.39, 0.29) is 0 Å². The lowest BCUT2D eigenvalue weighted by molar-refractivity contribution is 0.100. The van der Waals surface area contributed by atoms with Crippen molar-refractivity contribution in [3.05, 3.63) is 48.0 Å². The van der Waals surface area contributed by atoms with Gasteiger partial charge in [0.1, 0.15) is 18.8 Å². The topological polar surface area (TPSA) is 78.9 Å². The first kappa shape index (κ1) is 11.5. The standard InChI is InChI=1S/C13H13N5O/c1-9-17-11-12(14)15-8-16-13(11)18(9)19-7-10-5-3-2-4-6-10/h2-6,8H,7H2,1H3,(H2,14,15,16). The number of hydrogen-bond acceptors (Lipinski definition) is 5. The summed E-state index contributed by atoms with van der Waals surface area (Å²) in [5, 5.41) is 0. The summed E-state index contributed by atoms with van der Waals surface area (Å²) in [5.41, 5.74) is 7.99. The monoisotopic (exact) mass is 255 g/mol. The molecule has 2 aromatic heterocycles. The molecule has 0 radical (unpaired) electrons. The smallest absolute Gasteiger partial charge is 0.201 e. The molecule has 96 valence electrons. The van der Waals surface area contributed by atoms with Crippen molar-refractivity contribution in [2.75, 3.05) is 5.73 Å². The van der Waals surface area contributed by atoms with Crippen molar-refractivity contribution in [3.8, 4) is 0 Å². The fourth-order valence-electron chi connectivity index (χ4n) is 1.87. The van der Waals surface area contributed by atoms with Crippen LogP contribution in [0, 0.1) is 6.92 Å². The van der Waals surface area contributed by atoms with Gasteiger partial charge < -0.3 is 10.6 Å². The fourth-order valence-corrected chi connectivity index (χ4v) is 1.87. The summed E-state index contributed by atoms with van der Waals surface area (Å²) in [4.78, 5) is 18.1. The summed E-state index contributed by atoms with van der Waals surface area (Å²) in [6.07, 6.45) is 1.40. The Balaban J connectivity index is 1.93. The fraction of sp³-hybridized carbons (Fsp3) is 0.154. The zero-order chi connectivity index (χ0) is 13.2. The molecule has 0 fully saturated rings. The van der Waals surface area contributed by atoms with Gasteiger partial charge in [-0.15, -0.1) is 4.73 Å². The predicted octanol–water partition coefficient (Wildman–Crippen LogP) is 1.35. The third-order valence-electron chi connectivity index (χ3n) is 2.79. The highest BCUT2D eigenvalue weighted by Crippen LogP contribution is 2.16. The minimum Gasteiger partial charge on any atom is -0.406 e. The molecule has 0 aliphatic rings. The summed E-state index contributed by atoms with van der Waals surface area (Å²) in [6.45, 7) is 2.28. The van der Waals surface area contributed by atoms with Crippen LogP contribution in [0.2, 0.25) is 0 Å². The lowest BCUT2D eigenvalue weighted by Gasteiger charge is -2.08. The van der Waals surface area contributed by atoms with E-state index in [0.717, 1.165) is 5.56 Å². The summed E-state index contributed by atoms with van der Waals surface area (Å²) >= 11 is 0. The van der Waals surface area contributed by atoms with Gasteiger partial charge in [0, 0.05) is 0 Å². The quantitative estimate of drug-likeness (QED) is 0.764. The van der Waals surface area contributed by atoms with Crippen LogP contribution in [0.1, 0.15) is 11.4 Å². The van der Waals surface area contributed by atoms with Crippen molar-refractivity contribution < 1.29 is 4.84 Å². The third kappa shape index (κ3) is 2.08. The van der Waals surface area contributed by atoms with E-state index in [0.29, 0.717) is 29.4 Å². The first-order valence-electron chi connectivity index (χ1n) is 5.88. The van der Waals surface area contributed by atoms with Crippen LogP contribution in [0.3, 0.4) is 0 Å². The summed E-state index contributed by atoms with van der Waals surface area (Å²) in [5.74, 6) is 1.05. The van der Waals surface area contributed by atoms with Crippen LogP contribution in [-0.2, 0) is 6.61 Å². The van der Waals surface area contributed by atoms with Gasteiger partial charge in [0.05, 0.1) is 0 Å². The molecule has 1 aromatic carbocycles. The average molecular weight is 255 g/mol. The molecule has 19 heavy (non-hydrogen) atoms. The number of nitrogens with zero attached hydrogens (tertiary/aromatic N) is 4. The highest BCUT2D eigenvalue weighted by molar-refractivity contribution is 5.81. The van der Waals surface area contributed by atoms with Crippen LogP contribution in [0.15, 0.2) is 36.7 Å². The van der Waals surface area contributed by atoms with Crippen molar-refractivity contribution >= 4 is 17.0 Å². The highest BCUT2D eigenvalue weighted by atomic mass is 16.7. The largest absolute Gasteiger partial charge is 0.406 e. The van der Waals surface area contributed by atoms with E-state index in [9.17, 15) is 0 Å². The van der Waals surface area contributed by atoms with Gasteiger partial charge in [-0.25, -0.2) is 15.0 Å². The maximum Gasteiger partial charge on any atom is 0.201 e. The Labute approximate surface area is 109 Å². The van der Waals surface area contributed by atoms with Crippen molar-refractivity contribution in [3.63, 3.8) is 0 Å². The van der Waals surface area contributed by atoms with Gasteiger partial charge in [-0.2, -0.15) is 0 Å². The molecule has 2 N–H and O–H groups in total. The number of aromatic nitrogens is 4. The Bertz CT molecular complexity index is 708. The summed E-state index contributed by atoms with van der Waals surface area (Å²) in [6, 6.07) is 9.90. The Hall–Kier alpha value is -2.63. The molecule has 6 heteroatoms. The Morgan fingerprint density at radius 1 is 1.21 bits per heavy atom. The Morgan fingerprint density at radius 3 is 2.79 bits per heavy atom. The Kier molecular flexibility index (Phi) is 2.75. The van der Waals surface area contributed by atoms with E-state index in [4.69, 9.17) is 10.6 Å². The van der Waals surface area contributed by atoms with Gasteiger partial charge in [-0.1, -0.05) is 30.3 Å². The molecule has 0 aliphatic carbocycles. The zero-order valence-electron chi connectivity index (χ0n) is 10.4. The second kappa shape index (κ2) is 4.56. The molecule has 3 rings (SSSR count). The predicted molar refractivity (Wildman–Crippen MR) is 71.2 cm³/mol. The van der Waals surface area contributed by atoms with E-state index in [1.807, 2.05) is 37.3 Å². The summed E-state index contributed by atoms with van der Waals surface area (Å²) in [7, 11) is 0. The molecule has 0 saturated carbocycles. The lowest BCUT2D eigenvalue weighted by atomic mass is 10.2. The third-order valence-corrected chi connectivity index (χ3v) is 2.79. The van der Waals surface area contributed by atoms with E-state index in [2.05, 4.69) is 15.0 Å². The maximum atomic E-state index is 5.76. The molecule has 0 bridgehead atoms. The van der Waals surface area contributed by atoms with Gasteiger partial charge in [0.25, 0.3) is 0 Å². The van der Waals surface area contributed by atoms with E-state index < -0.39 is 0 Å². The number of anilines is 1. The lowest BCUT2D eigenvalue weighted by Crippen LogP contribution is -2.13. The molecule has 0 saturated heterocycles.